The van der Waals surface area contributed by atoms with Gasteiger partial charge in [0.15, 0.2) is 5.84 Å². The van der Waals surface area contributed by atoms with Crippen LogP contribution >= 0.6 is 11.3 Å². The highest BCUT2D eigenvalue weighted by molar-refractivity contribution is 7.10. The molecule has 2 bridgehead atoms. The van der Waals surface area contributed by atoms with Crippen LogP contribution < -0.4 is 10.6 Å². The van der Waals surface area contributed by atoms with Gasteiger partial charge in [-0.05, 0) is 0 Å². The number of aromatic nitrogens is 3. The van der Waals surface area contributed by atoms with Gasteiger partial charge in [-0.25, -0.2) is 14.6 Å². The van der Waals surface area contributed by atoms with Gasteiger partial charge in [-0.3, -0.25) is 14.8 Å². The predicted octanol–water partition coefficient (Wildman–Crippen LogP) is 1.49. The van der Waals surface area contributed by atoms with Crippen molar-refractivity contribution in [1.82, 2.24) is 30.0 Å². The third-order valence-corrected chi connectivity index (χ3v) is 5.79. The first kappa shape index (κ1) is 20.6. The first-order chi connectivity index (χ1) is 14.9. The average molecular weight is 448 g/mol. The van der Waals surface area contributed by atoms with Gasteiger partial charge >= 0.3 is 12.1 Å². The summed E-state index contributed by atoms with van der Waals surface area (Å²) >= 11 is 1.23. The number of carbonyl (C=O) groups excluding carboxylic acids is 1. The third-order valence-electron chi connectivity index (χ3n) is 4.94. The fraction of sp³-hybridized carbons (Fsp3) is 0.353. The first-order valence-electron chi connectivity index (χ1n) is 9.20. The molecule has 1 fully saturated rings. The van der Waals surface area contributed by atoms with E-state index in [1.807, 2.05) is 0 Å². The van der Waals surface area contributed by atoms with E-state index in [-0.39, 0.29) is 36.9 Å². The van der Waals surface area contributed by atoms with Crippen LogP contribution in [0, 0.1) is 0 Å². The van der Waals surface area contributed by atoms with Gasteiger partial charge < -0.3 is 20.5 Å². The molecule has 0 radical (unpaired) electrons. The fourth-order valence-electron chi connectivity index (χ4n) is 3.71. The summed E-state index contributed by atoms with van der Waals surface area (Å²) in [5.41, 5.74) is 1.49. The maximum Gasteiger partial charge on any atom is 0.410 e. The van der Waals surface area contributed by atoms with E-state index in [4.69, 9.17) is 9.94 Å². The Morgan fingerprint density at radius 1 is 1.55 bits per heavy atom. The SMILES string of the molecule is C=CCON1C(=O)N2C[C@H]1c1cnn(C)c1[C@H]2/C(=N/O)NCc1nc(NC(=O)O)cs1. The molecule has 4 rings (SSSR count). The van der Waals surface area contributed by atoms with Crippen LogP contribution in [0.25, 0.3) is 0 Å². The molecule has 2 aliphatic rings. The van der Waals surface area contributed by atoms with Crippen LogP contribution in [0.5, 0.6) is 0 Å². The van der Waals surface area contributed by atoms with Crippen LogP contribution in [0.2, 0.25) is 0 Å². The van der Waals surface area contributed by atoms with Crippen molar-refractivity contribution in [1.29, 1.82) is 0 Å². The predicted molar refractivity (Wildman–Crippen MR) is 109 cm³/mol. The van der Waals surface area contributed by atoms with Crippen LogP contribution in [0.15, 0.2) is 29.4 Å². The number of oxime groups is 1. The molecule has 31 heavy (non-hydrogen) atoms. The van der Waals surface area contributed by atoms with Crippen molar-refractivity contribution in [3.05, 3.63) is 40.5 Å². The first-order valence-corrected chi connectivity index (χ1v) is 10.1. The van der Waals surface area contributed by atoms with E-state index in [1.54, 1.807) is 34.3 Å². The lowest BCUT2D eigenvalue weighted by molar-refractivity contribution is -0.118. The summed E-state index contributed by atoms with van der Waals surface area (Å²) in [6.07, 6.45) is 2.02. The van der Waals surface area contributed by atoms with E-state index in [0.29, 0.717) is 17.2 Å². The molecule has 0 unspecified atom stereocenters. The van der Waals surface area contributed by atoms with E-state index in [9.17, 15) is 14.8 Å². The van der Waals surface area contributed by atoms with Crippen LogP contribution in [0.1, 0.15) is 28.3 Å². The number of rotatable bonds is 7. The molecule has 2 aliphatic heterocycles. The number of hydrogen-bond acceptors (Lipinski definition) is 8. The van der Waals surface area contributed by atoms with Crippen molar-refractivity contribution in [3.63, 3.8) is 0 Å². The van der Waals surface area contributed by atoms with Crippen molar-refractivity contribution in [2.75, 3.05) is 18.5 Å². The number of hydroxylamine groups is 2. The van der Waals surface area contributed by atoms with Gasteiger partial charge in [0.05, 0.1) is 31.6 Å². The summed E-state index contributed by atoms with van der Waals surface area (Å²) in [5.74, 6) is 0.334. The highest BCUT2D eigenvalue weighted by Crippen LogP contribution is 2.44. The Bertz CT molecular complexity index is 1050. The molecule has 4 N–H and O–H groups in total. The maximum absolute atomic E-state index is 13.0. The number of anilines is 1. The van der Waals surface area contributed by atoms with E-state index in [2.05, 4.69) is 32.5 Å². The molecule has 0 aromatic carbocycles. The molecule has 2 aromatic rings. The van der Waals surface area contributed by atoms with Gasteiger partial charge in [0, 0.05) is 18.0 Å². The molecule has 3 amide bonds. The zero-order chi connectivity index (χ0) is 22.1. The van der Waals surface area contributed by atoms with Crippen molar-refractivity contribution in [2.24, 2.45) is 12.2 Å². The summed E-state index contributed by atoms with van der Waals surface area (Å²) in [5, 5.41) is 34.8. The van der Waals surface area contributed by atoms with Crippen LogP contribution in [0.3, 0.4) is 0 Å². The standard InChI is InChI=1S/C17H20N8O5S/c1-3-4-30-25-10-7-24(17(25)28)14(13-9(10)5-19-23(13)2)15(22-29)18-6-12-20-11(8-31-12)21-16(26)27/h3,5,8,10,14,21,29H,1,4,6-7H2,2H3,(H,18,22)(H,26,27)/t10-,14-/m0/s1. The number of fused-ring (bicyclic) bond motifs is 4. The summed E-state index contributed by atoms with van der Waals surface area (Å²) in [4.78, 5) is 35.0. The molecule has 4 heterocycles. The minimum absolute atomic E-state index is 0.130. The summed E-state index contributed by atoms with van der Waals surface area (Å²) in [6, 6.07) is -1.42. The quantitative estimate of drug-likeness (QED) is 0.163. The normalized spacial score (nSPS) is 20.0. The molecule has 164 valence electrons. The molecule has 0 aliphatic carbocycles. The Morgan fingerprint density at radius 2 is 2.35 bits per heavy atom. The monoisotopic (exact) mass is 448 g/mol. The van der Waals surface area contributed by atoms with Crippen LogP contribution in [-0.2, 0) is 18.4 Å². The highest BCUT2D eigenvalue weighted by atomic mass is 32.1. The molecule has 2 atom stereocenters. The summed E-state index contributed by atoms with van der Waals surface area (Å²) in [7, 11) is 1.75. The Morgan fingerprint density at radius 3 is 3.06 bits per heavy atom. The van der Waals surface area contributed by atoms with Crippen molar-refractivity contribution >= 4 is 35.1 Å². The van der Waals surface area contributed by atoms with Gasteiger partial charge in [-0.15, -0.1) is 17.9 Å². The third kappa shape index (κ3) is 3.66. The Balaban J connectivity index is 1.58. The largest absolute Gasteiger partial charge is 0.465 e. The number of nitrogens with one attached hydrogen (secondary N) is 2. The lowest BCUT2D eigenvalue weighted by Gasteiger charge is -2.31. The molecule has 0 saturated carbocycles. The van der Waals surface area contributed by atoms with Crippen molar-refractivity contribution < 1.29 is 24.7 Å². The number of urea groups is 1. The minimum Gasteiger partial charge on any atom is -0.465 e. The number of hydrogen-bond donors (Lipinski definition) is 4. The molecular formula is C17H20N8O5S. The van der Waals surface area contributed by atoms with Crippen molar-refractivity contribution in [2.45, 2.75) is 18.6 Å². The van der Waals surface area contributed by atoms with E-state index in [0.717, 1.165) is 5.56 Å². The smallest absolute Gasteiger partial charge is 0.410 e. The zero-order valence-electron chi connectivity index (χ0n) is 16.4. The van der Waals surface area contributed by atoms with Gasteiger partial charge in [-0.1, -0.05) is 11.2 Å². The molecule has 1 saturated heterocycles. The lowest BCUT2D eigenvalue weighted by Crippen LogP contribution is -2.44. The van der Waals surface area contributed by atoms with Crippen LogP contribution in [0.4, 0.5) is 15.4 Å². The number of carboxylic acid groups (broad SMARTS) is 1. The summed E-state index contributed by atoms with van der Waals surface area (Å²) in [6.45, 7) is 4.28. The Labute approximate surface area is 180 Å². The lowest BCUT2D eigenvalue weighted by atomic mass is 9.97. The molecule has 13 nitrogen and oxygen atoms in total. The molecule has 0 spiro atoms. The number of amidine groups is 1. The number of amides is 3. The van der Waals surface area contributed by atoms with Gasteiger partial charge in [-0.2, -0.15) is 10.2 Å². The number of thiazole rings is 1. The molecule has 14 heteroatoms. The maximum atomic E-state index is 13.0. The zero-order valence-corrected chi connectivity index (χ0v) is 17.2. The van der Waals surface area contributed by atoms with E-state index in [1.165, 1.54) is 16.4 Å². The molecular weight excluding hydrogens is 428 g/mol. The second-order valence-electron chi connectivity index (χ2n) is 6.77. The second kappa shape index (κ2) is 8.23. The van der Waals surface area contributed by atoms with Gasteiger partial charge in [0.25, 0.3) is 0 Å². The van der Waals surface area contributed by atoms with E-state index >= 15 is 0 Å². The Kier molecular flexibility index (Phi) is 5.48. The fourth-order valence-corrected chi connectivity index (χ4v) is 4.38. The van der Waals surface area contributed by atoms with Gasteiger partial charge in [0.1, 0.15) is 22.9 Å². The number of nitrogens with zero attached hydrogens (tertiary/aromatic N) is 6. The Hall–Kier alpha value is -3.65. The number of carbonyl (C=O) groups is 2. The second-order valence-corrected chi connectivity index (χ2v) is 7.71. The highest BCUT2D eigenvalue weighted by Gasteiger charge is 2.52. The minimum atomic E-state index is -1.21. The van der Waals surface area contributed by atoms with Gasteiger partial charge in [0.2, 0.25) is 0 Å². The van der Waals surface area contributed by atoms with Crippen molar-refractivity contribution in [3.8, 4) is 0 Å². The average Bonchev–Trinajstić information content (AvgIpc) is 3.41. The topological polar surface area (TPSA) is 157 Å². The van der Waals surface area contributed by atoms with Crippen LogP contribution in [-0.4, -0.2) is 66.2 Å². The van der Waals surface area contributed by atoms with E-state index < -0.39 is 12.1 Å². The molecule has 2 aromatic heterocycles. The summed E-state index contributed by atoms with van der Waals surface area (Å²) < 4.78 is 1.63. The number of aryl methyl sites for hydroxylation is 1.